The fraction of sp³-hybridized carbons (Fsp3) is 0.222. The number of rotatable bonds is 3. The maximum Gasteiger partial charge on any atom is 0.277 e. The second-order valence-corrected chi connectivity index (χ2v) is 2.46. The predicted molar refractivity (Wildman–Crippen MR) is 47.4 cm³/mol. The number of hydrogen-bond donors (Lipinski definition) is 1. The quantitative estimate of drug-likeness (QED) is 0.742. The van der Waals surface area contributed by atoms with E-state index in [9.17, 15) is 9.18 Å². The highest BCUT2D eigenvalue weighted by Gasteiger charge is 2.14. The Balaban J connectivity index is 3.03. The first-order valence-electron chi connectivity index (χ1n) is 3.86. The lowest BCUT2D eigenvalue weighted by molar-refractivity contribution is 0.0533. The number of nitrogens with one attached hydrogen (secondary N) is 1. The van der Waals surface area contributed by atoms with Gasteiger partial charge in [0.25, 0.3) is 5.91 Å². The highest BCUT2D eigenvalue weighted by Crippen LogP contribution is 2.19. The number of hydroxylamine groups is 1. The number of benzene rings is 1. The standard InChI is InChI=1S/C9H10FNO3/c1-13-7-5-3-4-6(8(7)10)9(12)11-14-2/h3-5H,1-2H3,(H,11,12). The zero-order valence-corrected chi connectivity index (χ0v) is 7.83. The van der Waals surface area contributed by atoms with Crippen LogP contribution in [0.2, 0.25) is 0 Å². The number of carbonyl (C=O) groups is 1. The van der Waals surface area contributed by atoms with Crippen molar-refractivity contribution >= 4 is 5.91 Å². The van der Waals surface area contributed by atoms with Crippen LogP contribution in [0.1, 0.15) is 10.4 Å². The van der Waals surface area contributed by atoms with Crippen molar-refractivity contribution in [3.8, 4) is 5.75 Å². The molecule has 0 unspecified atom stereocenters. The van der Waals surface area contributed by atoms with Crippen molar-refractivity contribution in [2.24, 2.45) is 0 Å². The van der Waals surface area contributed by atoms with Crippen LogP contribution >= 0.6 is 0 Å². The molecule has 0 saturated carbocycles. The first-order chi connectivity index (χ1) is 6.70. The molecule has 0 aliphatic rings. The summed E-state index contributed by atoms with van der Waals surface area (Å²) in [6.45, 7) is 0. The van der Waals surface area contributed by atoms with Crippen molar-refractivity contribution in [1.29, 1.82) is 0 Å². The van der Waals surface area contributed by atoms with E-state index in [0.717, 1.165) is 0 Å². The van der Waals surface area contributed by atoms with Crippen LogP contribution in [0.5, 0.6) is 5.75 Å². The molecule has 1 amide bonds. The topological polar surface area (TPSA) is 47.6 Å². The Bertz CT molecular complexity index is 341. The first-order valence-corrected chi connectivity index (χ1v) is 3.86. The number of hydrogen-bond acceptors (Lipinski definition) is 3. The molecule has 0 spiro atoms. The summed E-state index contributed by atoms with van der Waals surface area (Å²) < 4.78 is 18.1. The van der Waals surface area contributed by atoms with E-state index < -0.39 is 11.7 Å². The molecule has 5 heteroatoms. The largest absolute Gasteiger partial charge is 0.494 e. The normalized spacial score (nSPS) is 9.64. The van der Waals surface area contributed by atoms with Crippen LogP contribution in [0.25, 0.3) is 0 Å². The molecule has 14 heavy (non-hydrogen) atoms. The Morgan fingerprint density at radius 2 is 2.14 bits per heavy atom. The van der Waals surface area contributed by atoms with Crippen LogP contribution in [0, 0.1) is 5.82 Å². The van der Waals surface area contributed by atoms with E-state index in [1.165, 1.54) is 32.4 Å². The van der Waals surface area contributed by atoms with E-state index >= 15 is 0 Å². The average molecular weight is 199 g/mol. The monoisotopic (exact) mass is 199 g/mol. The number of methoxy groups -OCH3 is 1. The fourth-order valence-corrected chi connectivity index (χ4v) is 0.991. The number of ether oxygens (including phenoxy) is 1. The van der Waals surface area contributed by atoms with Gasteiger partial charge in [0, 0.05) is 0 Å². The second-order valence-electron chi connectivity index (χ2n) is 2.46. The van der Waals surface area contributed by atoms with Gasteiger partial charge in [-0.25, -0.2) is 9.87 Å². The molecule has 1 aromatic carbocycles. The molecule has 0 atom stereocenters. The third-order valence-corrected chi connectivity index (χ3v) is 1.62. The zero-order chi connectivity index (χ0) is 10.6. The highest BCUT2D eigenvalue weighted by molar-refractivity contribution is 5.94. The maximum absolute atomic E-state index is 13.4. The lowest BCUT2D eigenvalue weighted by Gasteiger charge is -2.06. The molecule has 0 aromatic heterocycles. The Labute approximate surface area is 80.6 Å². The maximum atomic E-state index is 13.4. The van der Waals surface area contributed by atoms with Crippen LogP contribution in [0.3, 0.4) is 0 Å². The Hall–Kier alpha value is -1.62. The average Bonchev–Trinajstić information content (AvgIpc) is 2.18. The van der Waals surface area contributed by atoms with E-state index in [1.807, 2.05) is 5.48 Å². The summed E-state index contributed by atoms with van der Waals surface area (Å²) in [5, 5.41) is 0. The van der Waals surface area contributed by atoms with Gasteiger partial charge in [-0.1, -0.05) is 6.07 Å². The third-order valence-electron chi connectivity index (χ3n) is 1.62. The lowest BCUT2D eigenvalue weighted by atomic mass is 10.2. The fourth-order valence-electron chi connectivity index (χ4n) is 0.991. The van der Waals surface area contributed by atoms with Gasteiger partial charge in [-0.3, -0.25) is 9.63 Å². The van der Waals surface area contributed by atoms with Gasteiger partial charge in [0.2, 0.25) is 0 Å². The highest BCUT2D eigenvalue weighted by atomic mass is 19.1. The summed E-state index contributed by atoms with van der Waals surface area (Å²) >= 11 is 0. The van der Waals surface area contributed by atoms with E-state index in [1.54, 1.807) is 0 Å². The van der Waals surface area contributed by atoms with Gasteiger partial charge in [-0.2, -0.15) is 0 Å². The van der Waals surface area contributed by atoms with Crippen molar-refractivity contribution < 1.29 is 18.8 Å². The molecular formula is C9H10FNO3. The molecule has 0 aliphatic heterocycles. The minimum Gasteiger partial charge on any atom is -0.494 e. The van der Waals surface area contributed by atoms with Gasteiger partial charge in [0.1, 0.15) is 0 Å². The molecule has 0 saturated heterocycles. The van der Waals surface area contributed by atoms with Crippen LogP contribution < -0.4 is 10.2 Å². The Morgan fingerprint density at radius 1 is 1.43 bits per heavy atom. The molecule has 0 bridgehead atoms. The summed E-state index contributed by atoms with van der Waals surface area (Å²) in [6, 6.07) is 4.29. The molecule has 4 nitrogen and oxygen atoms in total. The lowest BCUT2D eigenvalue weighted by Crippen LogP contribution is -2.23. The van der Waals surface area contributed by atoms with Gasteiger partial charge >= 0.3 is 0 Å². The number of carbonyl (C=O) groups excluding carboxylic acids is 1. The van der Waals surface area contributed by atoms with Crippen LogP contribution in [-0.4, -0.2) is 20.1 Å². The van der Waals surface area contributed by atoms with Crippen molar-refractivity contribution in [3.05, 3.63) is 29.6 Å². The van der Waals surface area contributed by atoms with Gasteiger partial charge in [0.15, 0.2) is 11.6 Å². The Kier molecular flexibility index (Phi) is 3.41. The van der Waals surface area contributed by atoms with Crippen LogP contribution in [0.4, 0.5) is 4.39 Å². The summed E-state index contributed by atoms with van der Waals surface area (Å²) in [6.07, 6.45) is 0. The first kappa shape index (κ1) is 10.5. The van der Waals surface area contributed by atoms with Crippen LogP contribution in [-0.2, 0) is 4.84 Å². The van der Waals surface area contributed by atoms with Crippen molar-refractivity contribution in [2.45, 2.75) is 0 Å². The van der Waals surface area contributed by atoms with Gasteiger partial charge in [0.05, 0.1) is 19.8 Å². The molecule has 1 rings (SSSR count). The van der Waals surface area contributed by atoms with Gasteiger partial charge in [-0.15, -0.1) is 0 Å². The van der Waals surface area contributed by atoms with Crippen LogP contribution in [0.15, 0.2) is 18.2 Å². The molecule has 0 heterocycles. The van der Waals surface area contributed by atoms with Crippen molar-refractivity contribution in [2.75, 3.05) is 14.2 Å². The molecule has 76 valence electrons. The van der Waals surface area contributed by atoms with E-state index in [-0.39, 0.29) is 11.3 Å². The SMILES string of the molecule is CONC(=O)c1cccc(OC)c1F. The Morgan fingerprint density at radius 3 is 2.71 bits per heavy atom. The zero-order valence-electron chi connectivity index (χ0n) is 7.83. The van der Waals surface area contributed by atoms with E-state index in [0.29, 0.717) is 0 Å². The minimum absolute atomic E-state index is 0.0220. The molecule has 1 N–H and O–H groups in total. The predicted octanol–water partition coefficient (Wildman–Crippen LogP) is 1.13. The minimum atomic E-state index is -0.704. The summed E-state index contributed by atoms with van der Waals surface area (Å²) in [7, 11) is 2.60. The van der Waals surface area contributed by atoms with Crippen molar-refractivity contribution in [3.63, 3.8) is 0 Å². The third kappa shape index (κ3) is 2.00. The summed E-state index contributed by atoms with van der Waals surface area (Å²) in [5.41, 5.74) is 1.90. The molecule has 1 aromatic rings. The van der Waals surface area contributed by atoms with E-state index in [4.69, 9.17) is 4.74 Å². The molecule has 0 fully saturated rings. The second kappa shape index (κ2) is 4.57. The van der Waals surface area contributed by atoms with Crippen molar-refractivity contribution in [1.82, 2.24) is 5.48 Å². The van der Waals surface area contributed by atoms with E-state index in [2.05, 4.69) is 4.84 Å². The summed E-state index contributed by atoms with van der Waals surface area (Å²) in [5.74, 6) is -1.33. The smallest absolute Gasteiger partial charge is 0.277 e. The molecule has 0 radical (unpaired) electrons. The van der Waals surface area contributed by atoms with Gasteiger partial charge < -0.3 is 4.74 Å². The number of amides is 1. The van der Waals surface area contributed by atoms with Gasteiger partial charge in [-0.05, 0) is 12.1 Å². The molecular weight excluding hydrogens is 189 g/mol. The summed E-state index contributed by atoms with van der Waals surface area (Å²) in [4.78, 5) is 15.6. The molecule has 0 aliphatic carbocycles. The number of halogens is 1.